The standard InChI is InChI=1S/C7H7ClF3N3S/c8-6-13-2-1-5(14-6)12-3-4-15-7(9,10)11/h1-2H,3-4H2,(H,12,13,14). The van der Waals surface area contributed by atoms with Crippen LogP contribution in [0.3, 0.4) is 0 Å². The summed E-state index contributed by atoms with van der Waals surface area (Å²) >= 11 is 5.40. The van der Waals surface area contributed by atoms with Gasteiger partial charge < -0.3 is 5.32 Å². The van der Waals surface area contributed by atoms with Gasteiger partial charge in [0.05, 0.1) is 0 Å². The quantitative estimate of drug-likeness (QED) is 0.665. The van der Waals surface area contributed by atoms with Gasteiger partial charge in [-0.15, -0.1) is 0 Å². The predicted molar refractivity (Wildman–Crippen MR) is 54.0 cm³/mol. The molecule has 3 nitrogen and oxygen atoms in total. The summed E-state index contributed by atoms with van der Waals surface area (Å²) in [5.41, 5.74) is -4.19. The van der Waals surface area contributed by atoms with Crippen molar-refractivity contribution in [1.29, 1.82) is 0 Å². The van der Waals surface area contributed by atoms with E-state index in [1.54, 1.807) is 0 Å². The van der Waals surface area contributed by atoms with Crippen molar-refractivity contribution in [3.05, 3.63) is 17.5 Å². The summed E-state index contributed by atoms with van der Waals surface area (Å²) in [5.74, 6) is 0.336. The Kier molecular flexibility index (Phi) is 4.46. The molecule has 15 heavy (non-hydrogen) atoms. The molecule has 1 rings (SSSR count). The minimum absolute atomic E-state index is 0.0588. The van der Waals surface area contributed by atoms with Gasteiger partial charge in [-0.1, -0.05) is 0 Å². The van der Waals surface area contributed by atoms with Gasteiger partial charge >= 0.3 is 5.51 Å². The van der Waals surface area contributed by atoms with Crippen LogP contribution in [-0.2, 0) is 0 Å². The fraction of sp³-hybridized carbons (Fsp3) is 0.429. The number of rotatable bonds is 4. The summed E-state index contributed by atoms with van der Waals surface area (Å²) in [7, 11) is 0. The minimum Gasteiger partial charge on any atom is -0.369 e. The van der Waals surface area contributed by atoms with Crippen molar-refractivity contribution in [2.45, 2.75) is 5.51 Å². The molecule has 0 bridgehead atoms. The highest BCUT2D eigenvalue weighted by atomic mass is 35.5. The molecular weight excluding hydrogens is 251 g/mol. The van der Waals surface area contributed by atoms with Crippen molar-refractivity contribution in [1.82, 2.24) is 9.97 Å². The topological polar surface area (TPSA) is 37.8 Å². The first-order valence-electron chi connectivity index (χ1n) is 3.90. The second kappa shape index (κ2) is 5.41. The van der Waals surface area contributed by atoms with E-state index in [2.05, 4.69) is 15.3 Å². The molecule has 0 aliphatic carbocycles. The fourth-order valence-corrected chi connectivity index (χ4v) is 1.36. The van der Waals surface area contributed by atoms with Crippen molar-refractivity contribution in [2.75, 3.05) is 17.6 Å². The van der Waals surface area contributed by atoms with Crippen LogP contribution in [-0.4, -0.2) is 27.8 Å². The van der Waals surface area contributed by atoms with Gasteiger partial charge in [0, 0.05) is 18.5 Å². The molecule has 0 unspecified atom stereocenters. The van der Waals surface area contributed by atoms with Crippen LogP contribution in [0, 0.1) is 0 Å². The van der Waals surface area contributed by atoms with E-state index in [4.69, 9.17) is 11.6 Å². The third kappa shape index (κ3) is 5.68. The van der Waals surface area contributed by atoms with E-state index in [1.807, 2.05) is 0 Å². The van der Waals surface area contributed by atoms with Gasteiger partial charge in [-0.05, 0) is 29.4 Å². The van der Waals surface area contributed by atoms with E-state index < -0.39 is 5.51 Å². The summed E-state index contributed by atoms with van der Waals surface area (Å²) in [6.45, 7) is 0.164. The normalized spacial score (nSPS) is 11.5. The van der Waals surface area contributed by atoms with Crippen LogP contribution in [0.2, 0.25) is 5.28 Å². The van der Waals surface area contributed by atoms with Crippen LogP contribution < -0.4 is 5.32 Å². The predicted octanol–water partition coefficient (Wildman–Crippen LogP) is 2.79. The SMILES string of the molecule is FC(F)(F)SCCNc1ccnc(Cl)n1. The molecule has 0 aliphatic heterocycles. The Bertz CT molecular complexity index is 321. The molecule has 0 aromatic carbocycles. The van der Waals surface area contributed by atoms with Crippen LogP contribution in [0.5, 0.6) is 0 Å². The molecular formula is C7H7ClF3N3S. The second-order valence-electron chi connectivity index (χ2n) is 2.43. The number of nitrogens with one attached hydrogen (secondary N) is 1. The zero-order valence-electron chi connectivity index (χ0n) is 7.38. The number of hydrogen-bond donors (Lipinski definition) is 1. The van der Waals surface area contributed by atoms with E-state index in [1.165, 1.54) is 12.3 Å². The van der Waals surface area contributed by atoms with Gasteiger partial charge in [0.1, 0.15) is 5.82 Å². The maximum Gasteiger partial charge on any atom is 0.441 e. The van der Waals surface area contributed by atoms with Gasteiger partial charge in [0.15, 0.2) is 0 Å². The Balaban J connectivity index is 2.26. The minimum atomic E-state index is -4.19. The summed E-state index contributed by atoms with van der Waals surface area (Å²) < 4.78 is 35.2. The number of thioether (sulfide) groups is 1. The first-order valence-corrected chi connectivity index (χ1v) is 5.27. The van der Waals surface area contributed by atoms with Crippen LogP contribution in [0.4, 0.5) is 19.0 Å². The van der Waals surface area contributed by atoms with E-state index in [0.717, 1.165) is 0 Å². The van der Waals surface area contributed by atoms with Crippen molar-refractivity contribution in [2.24, 2.45) is 0 Å². The molecule has 0 fully saturated rings. The maximum absolute atomic E-state index is 11.7. The maximum atomic E-state index is 11.7. The van der Waals surface area contributed by atoms with E-state index in [0.29, 0.717) is 5.82 Å². The average molecular weight is 258 g/mol. The fourth-order valence-electron chi connectivity index (χ4n) is 0.779. The molecule has 0 saturated carbocycles. The van der Waals surface area contributed by atoms with E-state index in [9.17, 15) is 13.2 Å². The van der Waals surface area contributed by atoms with E-state index in [-0.39, 0.29) is 29.3 Å². The summed E-state index contributed by atoms with van der Waals surface area (Å²) in [4.78, 5) is 7.40. The lowest BCUT2D eigenvalue weighted by atomic mass is 10.5. The molecule has 0 atom stereocenters. The molecule has 0 radical (unpaired) electrons. The summed E-state index contributed by atoms with van der Waals surface area (Å²) in [5, 5.41) is 2.76. The van der Waals surface area contributed by atoms with Crippen molar-refractivity contribution >= 4 is 29.2 Å². The van der Waals surface area contributed by atoms with Crippen LogP contribution in [0.15, 0.2) is 12.3 Å². The molecule has 0 aliphatic rings. The lowest BCUT2D eigenvalue weighted by Crippen LogP contribution is -2.10. The average Bonchev–Trinajstić information content (AvgIpc) is 2.11. The number of halogens is 4. The Hall–Kier alpha value is -0.690. The van der Waals surface area contributed by atoms with Gasteiger partial charge in [0.2, 0.25) is 5.28 Å². The Labute approximate surface area is 93.4 Å². The summed E-state index contributed by atoms with van der Waals surface area (Å²) in [6, 6.07) is 1.53. The molecule has 1 heterocycles. The molecule has 1 aromatic rings. The Morgan fingerprint density at radius 2 is 2.20 bits per heavy atom. The molecule has 0 spiro atoms. The monoisotopic (exact) mass is 257 g/mol. The third-order valence-corrected chi connectivity index (χ3v) is 2.22. The molecule has 1 N–H and O–H groups in total. The van der Waals surface area contributed by atoms with Gasteiger partial charge in [-0.2, -0.15) is 13.2 Å². The van der Waals surface area contributed by atoms with Crippen molar-refractivity contribution < 1.29 is 13.2 Å². The zero-order valence-corrected chi connectivity index (χ0v) is 8.96. The highest BCUT2D eigenvalue weighted by Crippen LogP contribution is 2.29. The van der Waals surface area contributed by atoms with Gasteiger partial charge in [-0.25, -0.2) is 9.97 Å². The van der Waals surface area contributed by atoms with E-state index >= 15 is 0 Å². The number of hydrogen-bond acceptors (Lipinski definition) is 4. The summed E-state index contributed by atoms with van der Waals surface area (Å²) in [6.07, 6.45) is 1.43. The first-order chi connectivity index (χ1) is 6.97. The molecule has 0 amide bonds. The van der Waals surface area contributed by atoms with Crippen molar-refractivity contribution in [3.8, 4) is 0 Å². The smallest absolute Gasteiger partial charge is 0.369 e. The molecule has 0 saturated heterocycles. The highest BCUT2D eigenvalue weighted by Gasteiger charge is 2.27. The molecule has 1 aromatic heterocycles. The third-order valence-electron chi connectivity index (χ3n) is 1.30. The van der Waals surface area contributed by atoms with Crippen LogP contribution in [0.25, 0.3) is 0 Å². The molecule has 8 heteroatoms. The lowest BCUT2D eigenvalue weighted by molar-refractivity contribution is -0.0327. The highest BCUT2D eigenvalue weighted by molar-refractivity contribution is 8.00. The van der Waals surface area contributed by atoms with Gasteiger partial charge in [0.25, 0.3) is 0 Å². The first kappa shape index (κ1) is 12.4. The largest absolute Gasteiger partial charge is 0.441 e. The number of anilines is 1. The number of alkyl halides is 3. The molecule has 84 valence electrons. The zero-order chi connectivity index (χ0) is 11.3. The lowest BCUT2D eigenvalue weighted by Gasteiger charge is -2.06. The second-order valence-corrected chi connectivity index (χ2v) is 3.93. The van der Waals surface area contributed by atoms with Crippen LogP contribution in [0.1, 0.15) is 0 Å². The number of aromatic nitrogens is 2. The van der Waals surface area contributed by atoms with Crippen molar-refractivity contribution in [3.63, 3.8) is 0 Å². The van der Waals surface area contributed by atoms with Crippen LogP contribution >= 0.6 is 23.4 Å². The Morgan fingerprint density at radius 1 is 1.47 bits per heavy atom. The number of nitrogens with zero attached hydrogens (tertiary/aromatic N) is 2. The Morgan fingerprint density at radius 3 is 2.80 bits per heavy atom. The van der Waals surface area contributed by atoms with Gasteiger partial charge in [-0.3, -0.25) is 0 Å².